The zero-order valence-electron chi connectivity index (χ0n) is 11.7. The maximum Gasteiger partial charge on any atom is 0.123 e. The van der Waals surface area contributed by atoms with Crippen molar-refractivity contribution in [2.45, 2.75) is 45.2 Å². The first-order chi connectivity index (χ1) is 9.72. The number of aromatic amines is 1. The van der Waals surface area contributed by atoms with Crippen molar-refractivity contribution in [1.29, 1.82) is 0 Å². The molecule has 20 heavy (non-hydrogen) atoms. The third-order valence-electron chi connectivity index (χ3n) is 3.94. The Morgan fingerprint density at radius 2 is 2.30 bits per heavy atom. The normalized spacial score (nSPS) is 15.3. The number of H-pyrrole nitrogens is 1. The molecule has 4 heteroatoms. The van der Waals surface area contributed by atoms with Crippen LogP contribution >= 0.6 is 0 Å². The van der Waals surface area contributed by atoms with Crippen LogP contribution in [0.3, 0.4) is 0 Å². The molecule has 1 aliphatic carbocycles. The summed E-state index contributed by atoms with van der Waals surface area (Å²) < 4.78 is 13.1. The molecule has 1 atom stereocenters. The Morgan fingerprint density at radius 1 is 1.40 bits per heavy atom. The maximum atomic E-state index is 13.1. The van der Waals surface area contributed by atoms with E-state index < -0.39 is 0 Å². The lowest BCUT2D eigenvalue weighted by Crippen LogP contribution is -2.28. The third kappa shape index (κ3) is 2.90. The summed E-state index contributed by atoms with van der Waals surface area (Å²) in [5, 5.41) is 11.0. The van der Waals surface area contributed by atoms with Gasteiger partial charge in [-0.05, 0) is 55.9 Å². The van der Waals surface area contributed by atoms with E-state index in [4.69, 9.17) is 0 Å². The van der Waals surface area contributed by atoms with Gasteiger partial charge >= 0.3 is 0 Å². The second kappa shape index (κ2) is 5.75. The minimum atomic E-state index is -0.167. The van der Waals surface area contributed by atoms with Crippen LogP contribution in [0.15, 0.2) is 24.3 Å². The van der Waals surface area contributed by atoms with Gasteiger partial charge in [-0.2, -0.15) is 5.10 Å². The molecular weight excluding hydrogens is 253 g/mol. The topological polar surface area (TPSA) is 40.7 Å². The Labute approximate surface area is 118 Å². The van der Waals surface area contributed by atoms with E-state index in [1.165, 1.54) is 23.7 Å². The van der Waals surface area contributed by atoms with Crippen molar-refractivity contribution in [3.05, 3.63) is 52.6 Å². The van der Waals surface area contributed by atoms with Gasteiger partial charge in [0.25, 0.3) is 0 Å². The lowest BCUT2D eigenvalue weighted by Gasteiger charge is -2.13. The van der Waals surface area contributed by atoms with Crippen LogP contribution in [-0.4, -0.2) is 16.2 Å². The molecule has 0 fully saturated rings. The zero-order chi connectivity index (χ0) is 13.9. The molecule has 2 aromatic rings. The fraction of sp³-hybridized carbons (Fsp3) is 0.438. The van der Waals surface area contributed by atoms with E-state index in [0.29, 0.717) is 6.04 Å². The van der Waals surface area contributed by atoms with Gasteiger partial charge in [0.1, 0.15) is 5.82 Å². The Balaban J connectivity index is 1.55. The molecule has 0 saturated carbocycles. The number of nitrogens with one attached hydrogen (secondary N) is 2. The number of nitrogens with zero attached hydrogens (tertiary/aromatic N) is 1. The predicted octanol–water partition coefficient (Wildman–Crippen LogP) is 2.76. The molecule has 2 N–H and O–H groups in total. The third-order valence-corrected chi connectivity index (χ3v) is 3.94. The molecule has 1 unspecified atom stereocenters. The van der Waals surface area contributed by atoms with Crippen LogP contribution in [0.2, 0.25) is 0 Å². The lowest BCUT2D eigenvalue weighted by atomic mass is 10.1. The molecule has 1 aromatic heterocycles. The quantitative estimate of drug-likeness (QED) is 0.879. The molecule has 3 rings (SSSR count). The molecule has 0 amide bonds. The molecule has 0 radical (unpaired) electrons. The molecule has 0 saturated heterocycles. The van der Waals surface area contributed by atoms with Crippen molar-refractivity contribution < 1.29 is 4.39 Å². The van der Waals surface area contributed by atoms with E-state index >= 15 is 0 Å². The summed E-state index contributed by atoms with van der Waals surface area (Å²) in [6.07, 6.45) is 4.32. The van der Waals surface area contributed by atoms with Crippen molar-refractivity contribution in [1.82, 2.24) is 15.5 Å². The molecule has 0 bridgehead atoms. The van der Waals surface area contributed by atoms with Crippen molar-refractivity contribution in [2.75, 3.05) is 0 Å². The number of fused-ring (bicyclic) bond motifs is 1. The van der Waals surface area contributed by atoms with E-state index in [0.717, 1.165) is 37.1 Å². The molecule has 0 spiro atoms. The van der Waals surface area contributed by atoms with Crippen LogP contribution < -0.4 is 5.32 Å². The first kappa shape index (κ1) is 13.3. The van der Waals surface area contributed by atoms with Crippen LogP contribution in [0.1, 0.15) is 35.9 Å². The fourth-order valence-electron chi connectivity index (χ4n) is 2.89. The van der Waals surface area contributed by atoms with E-state index in [9.17, 15) is 4.39 Å². The molecule has 106 valence electrons. The Hall–Kier alpha value is -1.68. The highest BCUT2D eigenvalue weighted by Gasteiger charge is 2.18. The van der Waals surface area contributed by atoms with Gasteiger partial charge in [0.2, 0.25) is 0 Å². The van der Waals surface area contributed by atoms with Gasteiger partial charge in [-0.3, -0.25) is 5.10 Å². The second-order valence-electron chi connectivity index (χ2n) is 5.60. The Morgan fingerprint density at radius 3 is 3.15 bits per heavy atom. The summed E-state index contributed by atoms with van der Waals surface area (Å²) in [6.45, 7) is 2.90. The number of rotatable bonds is 5. The fourth-order valence-corrected chi connectivity index (χ4v) is 2.89. The van der Waals surface area contributed by atoms with Crippen LogP contribution in [0, 0.1) is 5.82 Å². The summed E-state index contributed by atoms with van der Waals surface area (Å²) in [7, 11) is 0. The van der Waals surface area contributed by atoms with Crippen LogP contribution in [0.25, 0.3) is 0 Å². The van der Waals surface area contributed by atoms with Gasteiger partial charge in [-0.1, -0.05) is 12.1 Å². The molecule has 1 aliphatic rings. The summed E-state index contributed by atoms with van der Waals surface area (Å²) in [5.41, 5.74) is 4.87. The smallest absolute Gasteiger partial charge is 0.123 e. The minimum absolute atomic E-state index is 0.167. The molecular formula is C16H20FN3. The van der Waals surface area contributed by atoms with Gasteiger partial charge in [0.15, 0.2) is 0 Å². The molecule has 3 nitrogen and oxygen atoms in total. The Kier molecular flexibility index (Phi) is 3.83. The van der Waals surface area contributed by atoms with E-state index in [2.05, 4.69) is 22.4 Å². The first-order valence-electron chi connectivity index (χ1n) is 7.25. The van der Waals surface area contributed by atoms with Crippen LogP contribution in [0.5, 0.6) is 0 Å². The highest BCUT2D eigenvalue weighted by atomic mass is 19.1. The van der Waals surface area contributed by atoms with Crippen molar-refractivity contribution in [2.24, 2.45) is 0 Å². The number of hydrogen-bond donors (Lipinski definition) is 2. The van der Waals surface area contributed by atoms with Crippen LogP contribution in [0.4, 0.5) is 4.39 Å². The maximum absolute atomic E-state index is 13.1. The second-order valence-corrected chi connectivity index (χ2v) is 5.60. The first-order valence-corrected chi connectivity index (χ1v) is 7.25. The highest BCUT2D eigenvalue weighted by Crippen LogP contribution is 2.22. The SMILES string of the molecule is CC(Cc1cccc(F)c1)NCc1n[nH]c2c1CCC2. The van der Waals surface area contributed by atoms with E-state index in [1.54, 1.807) is 12.1 Å². The van der Waals surface area contributed by atoms with Crippen molar-refractivity contribution in [3.63, 3.8) is 0 Å². The standard InChI is InChI=1S/C16H20FN3/c1-11(8-12-4-2-5-13(17)9-12)18-10-16-14-6-3-7-15(14)19-20-16/h2,4-5,9,11,18H,3,6-8,10H2,1H3,(H,19,20). The average molecular weight is 273 g/mol. The van der Waals surface area contributed by atoms with E-state index in [1.807, 2.05) is 6.07 Å². The van der Waals surface area contributed by atoms with Gasteiger partial charge in [0.05, 0.1) is 5.69 Å². The van der Waals surface area contributed by atoms with Crippen molar-refractivity contribution in [3.8, 4) is 0 Å². The summed E-state index contributed by atoms with van der Waals surface area (Å²) >= 11 is 0. The summed E-state index contributed by atoms with van der Waals surface area (Å²) in [6, 6.07) is 7.11. The van der Waals surface area contributed by atoms with Gasteiger partial charge < -0.3 is 5.32 Å². The van der Waals surface area contributed by atoms with E-state index in [-0.39, 0.29) is 5.82 Å². The number of halogens is 1. The van der Waals surface area contributed by atoms with Gasteiger partial charge in [0, 0.05) is 18.3 Å². The van der Waals surface area contributed by atoms with Gasteiger partial charge in [-0.25, -0.2) is 4.39 Å². The molecule has 0 aliphatic heterocycles. The van der Waals surface area contributed by atoms with Gasteiger partial charge in [-0.15, -0.1) is 0 Å². The largest absolute Gasteiger partial charge is 0.308 e. The molecule has 1 aromatic carbocycles. The summed E-state index contributed by atoms with van der Waals surface area (Å²) in [5.74, 6) is -0.167. The highest BCUT2D eigenvalue weighted by molar-refractivity contribution is 5.29. The number of hydrogen-bond acceptors (Lipinski definition) is 2. The van der Waals surface area contributed by atoms with Crippen molar-refractivity contribution >= 4 is 0 Å². The lowest BCUT2D eigenvalue weighted by molar-refractivity contribution is 0.535. The zero-order valence-corrected chi connectivity index (χ0v) is 11.7. The predicted molar refractivity (Wildman–Crippen MR) is 77.0 cm³/mol. The monoisotopic (exact) mass is 273 g/mol. The minimum Gasteiger partial charge on any atom is -0.308 e. The average Bonchev–Trinajstić information content (AvgIpc) is 2.99. The summed E-state index contributed by atoms with van der Waals surface area (Å²) in [4.78, 5) is 0. The number of benzene rings is 1. The number of aryl methyl sites for hydroxylation is 1. The Bertz CT molecular complexity index is 591. The number of aromatic nitrogens is 2. The van der Waals surface area contributed by atoms with Crippen LogP contribution in [-0.2, 0) is 25.8 Å². The molecule has 1 heterocycles.